The lowest BCUT2D eigenvalue weighted by molar-refractivity contribution is 0.173. The van der Waals surface area contributed by atoms with E-state index in [1.54, 1.807) is 23.5 Å². The Morgan fingerprint density at radius 2 is 1.90 bits per heavy atom. The highest BCUT2D eigenvalue weighted by Crippen LogP contribution is 2.49. The summed E-state index contributed by atoms with van der Waals surface area (Å²) >= 11 is 1.57. The van der Waals surface area contributed by atoms with Crippen LogP contribution in [0.15, 0.2) is 41.0 Å². The van der Waals surface area contributed by atoms with Crippen LogP contribution in [-0.2, 0) is 4.74 Å². The van der Waals surface area contributed by atoms with Gasteiger partial charge in [0.05, 0.1) is 17.5 Å². The Hall–Kier alpha value is -3.16. The lowest BCUT2D eigenvalue weighted by Gasteiger charge is -2.26. The van der Waals surface area contributed by atoms with Crippen molar-refractivity contribution in [3.63, 3.8) is 0 Å². The molecule has 0 aromatic carbocycles. The van der Waals surface area contributed by atoms with Gasteiger partial charge in [-0.3, -0.25) is 0 Å². The van der Waals surface area contributed by atoms with Gasteiger partial charge in [-0.05, 0) is 29.9 Å². The molecule has 29 heavy (non-hydrogen) atoms. The smallest absolute Gasteiger partial charge is 0.269 e. The maximum absolute atomic E-state index is 9.28. The number of anilines is 1. The number of rotatable bonds is 3. The molecule has 3 rings (SSSR count). The molecule has 6 nitrogen and oxygen atoms in total. The molecule has 1 aromatic rings. The van der Waals surface area contributed by atoms with E-state index in [2.05, 4.69) is 4.85 Å². The number of nitrogens with zero attached hydrogens (tertiary/aromatic N) is 3. The minimum atomic E-state index is -0.266. The van der Waals surface area contributed by atoms with E-state index in [1.165, 1.54) is 0 Å². The summed E-state index contributed by atoms with van der Waals surface area (Å²) in [5.41, 5.74) is 0.333. The van der Waals surface area contributed by atoms with Crippen LogP contribution >= 0.6 is 11.3 Å². The summed E-state index contributed by atoms with van der Waals surface area (Å²) in [6, 6.07) is 1.96. The average molecular weight is 410 g/mol. The van der Waals surface area contributed by atoms with Gasteiger partial charge in [-0.1, -0.05) is 20.8 Å². The van der Waals surface area contributed by atoms with Gasteiger partial charge in [-0.15, -0.1) is 11.3 Å². The number of ether oxygens (including phenoxy) is 3. The molecule has 0 unspecified atom stereocenters. The van der Waals surface area contributed by atoms with Crippen LogP contribution in [0.4, 0.5) is 5.00 Å². The number of hydrogen-bond acceptors (Lipinski definition) is 6. The Labute approximate surface area is 175 Å². The third-order valence-electron chi connectivity index (χ3n) is 4.25. The first-order valence-electron chi connectivity index (χ1n) is 9.16. The van der Waals surface area contributed by atoms with E-state index in [0.29, 0.717) is 30.3 Å². The van der Waals surface area contributed by atoms with Gasteiger partial charge in [0.15, 0.2) is 11.5 Å². The fourth-order valence-electron chi connectivity index (χ4n) is 2.78. The highest BCUT2D eigenvalue weighted by atomic mass is 32.1. The van der Waals surface area contributed by atoms with Crippen LogP contribution in [0.5, 0.6) is 11.5 Å². The van der Waals surface area contributed by atoms with Crippen LogP contribution in [0.1, 0.15) is 25.6 Å². The molecule has 0 amide bonds. The van der Waals surface area contributed by atoms with Crippen molar-refractivity contribution < 1.29 is 14.2 Å². The molecule has 0 radical (unpaired) electrons. The summed E-state index contributed by atoms with van der Waals surface area (Å²) in [5.74, 6) is 2.76. The molecule has 0 bridgehead atoms. The van der Waals surface area contributed by atoms with E-state index in [-0.39, 0.29) is 11.1 Å². The summed E-state index contributed by atoms with van der Waals surface area (Å²) in [4.78, 5) is 6.27. The summed E-state index contributed by atoms with van der Waals surface area (Å²) in [6.07, 6.45) is 7.24. The first-order chi connectivity index (χ1) is 13.7. The molecule has 2 aliphatic rings. The Morgan fingerprint density at radius 3 is 2.48 bits per heavy atom. The van der Waals surface area contributed by atoms with E-state index in [1.807, 2.05) is 58.0 Å². The largest absolute Gasteiger partial charge is 0.485 e. The van der Waals surface area contributed by atoms with Gasteiger partial charge >= 0.3 is 0 Å². The molecule has 0 saturated heterocycles. The molecule has 0 fully saturated rings. The van der Waals surface area contributed by atoms with Crippen molar-refractivity contribution in [2.45, 2.75) is 20.8 Å². The van der Waals surface area contributed by atoms with Crippen molar-refractivity contribution in [1.29, 1.82) is 5.26 Å². The molecule has 1 aromatic heterocycles. The molecular weight excluding hydrogens is 386 g/mol. The minimum Gasteiger partial charge on any atom is -0.485 e. The van der Waals surface area contributed by atoms with Crippen LogP contribution in [0.2, 0.25) is 0 Å². The maximum Gasteiger partial charge on any atom is 0.269 e. The van der Waals surface area contributed by atoms with Crippen LogP contribution in [0, 0.1) is 23.3 Å². The second-order valence-corrected chi connectivity index (χ2v) is 8.82. The summed E-state index contributed by atoms with van der Waals surface area (Å²) in [7, 11) is 3.94. The zero-order valence-electron chi connectivity index (χ0n) is 17.2. The number of thiophene rings is 1. The highest BCUT2D eigenvalue weighted by molar-refractivity contribution is 7.17. The molecule has 0 saturated carbocycles. The van der Waals surface area contributed by atoms with Gasteiger partial charge in [0.2, 0.25) is 0 Å². The lowest BCUT2D eigenvalue weighted by atomic mass is 9.91. The van der Waals surface area contributed by atoms with Crippen LogP contribution in [-0.4, -0.2) is 27.3 Å². The molecule has 0 aliphatic carbocycles. The molecule has 0 N–H and O–H groups in total. The Bertz CT molecular complexity index is 1010. The normalized spacial score (nSPS) is 17.6. The topological polar surface area (TPSA) is 59.1 Å². The van der Waals surface area contributed by atoms with Crippen LogP contribution in [0.25, 0.3) is 10.9 Å². The van der Waals surface area contributed by atoms with Gasteiger partial charge in [-0.25, -0.2) is 10.1 Å². The van der Waals surface area contributed by atoms with Crippen molar-refractivity contribution in [2.24, 2.45) is 5.41 Å². The van der Waals surface area contributed by atoms with Crippen molar-refractivity contribution in [3.05, 3.63) is 57.3 Å². The van der Waals surface area contributed by atoms with Gasteiger partial charge in [0.25, 0.3) is 5.70 Å². The second kappa shape index (κ2) is 8.06. The Balaban J connectivity index is 2.00. The maximum atomic E-state index is 9.28. The summed E-state index contributed by atoms with van der Waals surface area (Å²) < 4.78 is 17.7. The highest BCUT2D eigenvalue weighted by Gasteiger charge is 2.26. The monoisotopic (exact) mass is 409 g/mol. The number of nitriles is 1. The molecule has 0 spiro atoms. The van der Waals surface area contributed by atoms with Crippen molar-refractivity contribution in [1.82, 2.24) is 0 Å². The van der Waals surface area contributed by atoms with Crippen molar-refractivity contribution in [2.75, 3.05) is 32.2 Å². The van der Waals surface area contributed by atoms with E-state index >= 15 is 0 Å². The van der Waals surface area contributed by atoms with E-state index in [0.717, 1.165) is 21.4 Å². The van der Waals surface area contributed by atoms with E-state index < -0.39 is 0 Å². The molecule has 150 valence electrons. The number of fused-ring (bicyclic) bond motifs is 1. The first kappa shape index (κ1) is 20.6. The Morgan fingerprint density at radius 1 is 1.21 bits per heavy atom. The van der Waals surface area contributed by atoms with Gasteiger partial charge in [-0.2, -0.15) is 0 Å². The zero-order chi connectivity index (χ0) is 21.2. The zero-order valence-corrected chi connectivity index (χ0v) is 18.0. The first-order valence-corrected chi connectivity index (χ1v) is 9.97. The van der Waals surface area contributed by atoms with Crippen molar-refractivity contribution >= 4 is 22.4 Å². The third kappa shape index (κ3) is 4.31. The minimum absolute atomic E-state index is 0.0427. The molecule has 0 atom stereocenters. The molecule has 3 heterocycles. The number of allylic oxidation sites excluding steroid dienone is 6. The molecule has 2 aliphatic heterocycles. The van der Waals surface area contributed by atoms with Crippen molar-refractivity contribution in [3.8, 4) is 17.6 Å². The number of hydrogen-bond donors (Lipinski definition) is 0. The summed E-state index contributed by atoms with van der Waals surface area (Å²) in [5, 5.41) is 10.3. The van der Waals surface area contributed by atoms with Gasteiger partial charge < -0.3 is 19.1 Å². The predicted molar refractivity (Wildman–Crippen MR) is 115 cm³/mol. The predicted octanol–water partition coefficient (Wildman–Crippen LogP) is 5.14. The Kier molecular flexibility index (Phi) is 5.72. The van der Waals surface area contributed by atoms with Crippen LogP contribution < -0.4 is 14.4 Å². The van der Waals surface area contributed by atoms with Gasteiger partial charge in [0, 0.05) is 19.5 Å². The third-order valence-corrected chi connectivity index (χ3v) is 5.54. The quantitative estimate of drug-likeness (QED) is 0.511. The lowest BCUT2D eigenvalue weighted by Crippen LogP contribution is -2.17. The van der Waals surface area contributed by atoms with E-state index in [9.17, 15) is 5.26 Å². The van der Waals surface area contributed by atoms with Crippen LogP contribution in [0.3, 0.4) is 0 Å². The molecule has 7 heteroatoms. The van der Waals surface area contributed by atoms with E-state index in [4.69, 9.17) is 20.8 Å². The fraction of sp³-hybridized carbons (Fsp3) is 0.364. The van der Waals surface area contributed by atoms with Gasteiger partial charge in [0.1, 0.15) is 29.7 Å². The molecular formula is C22H23N3O3S. The fourth-order valence-corrected chi connectivity index (χ4v) is 3.80. The SMILES string of the molecule is [C-]#[N+]/C(C#N)=C1C=C(/C=C/c2sc(N(C)C)c3c2OCCO3)OC(C(C)(C)C)=C/1. The summed E-state index contributed by atoms with van der Waals surface area (Å²) in [6.45, 7) is 14.4. The average Bonchev–Trinajstić information content (AvgIpc) is 3.06. The second-order valence-electron chi connectivity index (χ2n) is 7.79. The standard InChI is InChI=1S/C22H23N3O3S/c1-22(2,3)18-12-14(16(13-23)24-4)11-15(28-18)7-8-17-19-20(27-10-9-26-19)21(29-17)25(5)6/h7-8,11-12H,9-10H2,1-3,5-6H3/b8-7+,16-14-.